The van der Waals surface area contributed by atoms with Gasteiger partial charge in [0.2, 0.25) is 0 Å². The highest BCUT2D eigenvalue weighted by atomic mass is 32.2. The Balaban J connectivity index is 1.87. The van der Waals surface area contributed by atoms with E-state index in [4.69, 9.17) is 0 Å². The summed E-state index contributed by atoms with van der Waals surface area (Å²) in [5.41, 5.74) is 0. The van der Waals surface area contributed by atoms with Crippen molar-refractivity contribution in [3.63, 3.8) is 0 Å². The molecule has 20 heavy (non-hydrogen) atoms. The number of hydrogen-bond acceptors (Lipinski definition) is 4. The zero-order valence-electron chi connectivity index (χ0n) is 11.8. The molecule has 1 unspecified atom stereocenters. The van der Waals surface area contributed by atoms with E-state index in [-0.39, 0.29) is 0 Å². The lowest BCUT2D eigenvalue weighted by Crippen LogP contribution is -2.47. The van der Waals surface area contributed by atoms with Crippen molar-refractivity contribution in [2.75, 3.05) is 26.2 Å². The highest BCUT2D eigenvalue weighted by Crippen LogP contribution is 2.18. The second kappa shape index (κ2) is 7.51. The van der Waals surface area contributed by atoms with Gasteiger partial charge >= 0.3 is 0 Å². The minimum Gasteiger partial charge on any atom is -0.317 e. The van der Waals surface area contributed by atoms with Crippen molar-refractivity contribution in [2.45, 2.75) is 26.3 Å². The summed E-state index contributed by atoms with van der Waals surface area (Å²) >= 11 is 1.57. The van der Waals surface area contributed by atoms with Crippen molar-refractivity contribution in [3.8, 4) is 0 Å². The molecule has 1 aromatic heterocycles. The van der Waals surface area contributed by atoms with Crippen LogP contribution in [0.4, 0.5) is 0 Å². The SMILES string of the molecule is CCNCC1CCCN(S(=O)(=O)NCc2cccs2)C1. The molecule has 2 rings (SSSR count). The van der Waals surface area contributed by atoms with E-state index < -0.39 is 10.2 Å². The number of thiophene rings is 1. The van der Waals surface area contributed by atoms with Crippen LogP contribution in [0.15, 0.2) is 17.5 Å². The summed E-state index contributed by atoms with van der Waals surface area (Å²) in [6, 6.07) is 3.87. The fourth-order valence-electron chi connectivity index (χ4n) is 2.43. The summed E-state index contributed by atoms with van der Waals surface area (Å²) in [4.78, 5) is 1.04. The molecule has 1 aromatic rings. The summed E-state index contributed by atoms with van der Waals surface area (Å²) in [7, 11) is -3.36. The van der Waals surface area contributed by atoms with E-state index >= 15 is 0 Å². The first-order valence-corrected chi connectivity index (χ1v) is 9.41. The topological polar surface area (TPSA) is 61.4 Å². The molecule has 5 nitrogen and oxygen atoms in total. The van der Waals surface area contributed by atoms with E-state index in [1.54, 1.807) is 15.6 Å². The number of nitrogens with one attached hydrogen (secondary N) is 2. The smallest absolute Gasteiger partial charge is 0.279 e. The van der Waals surface area contributed by atoms with Crippen LogP contribution < -0.4 is 10.0 Å². The molecule has 2 heterocycles. The fraction of sp³-hybridized carbons (Fsp3) is 0.692. The Hall–Kier alpha value is -0.470. The van der Waals surface area contributed by atoms with Crippen LogP contribution in [0.3, 0.4) is 0 Å². The molecule has 0 spiro atoms. The monoisotopic (exact) mass is 317 g/mol. The first-order valence-electron chi connectivity index (χ1n) is 7.09. The highest BCUT2D eigenvalue weighted by Gasteiger charge is 2.28. The predicted octanol–water partition coefficient (Wildman–Crippen LogP) is 1.40. The summed E-state index contributed by atoms with van der Waals surface area (Å²) in [5, 5.41) is 5.26. The van der Waals surface area contributed by atoms with Gasteiger partial charge in [0.15, 0.2) is 0 Å². The molecular formula is C13H23N3O2S2. The average Bonchev–Trinajstić information content (AvgIpc) is 2.97. The Kier molecular flexibility index (Phi) is 5.98. The van der Waals surface area contributed by atoms with E-state index in [0.717, 1.165) is 30.8 Å². The maximum Gasteiger partial charge on any atom is 0.279 e. The Morgan fingerprint density at radius 3 is 3.05 bits per heavy atom. The Labute approximate surface area is 125 Å². The van der Waals surface area contributed by atoms with Crippen molar-refractivity contribution in [2.24, 2.45) is 5.92 Å². The van der Waals surface area contributed by atoms with Crippen molar-refractivity contribution in [3.05, 3.63) is 22.4 Å². The number of hydrogen-bond donors (Lipinski definition) is 2. The Morgan fingerprint density at radius 2 is 2.35 bits per heavy atom. The molecule has 1 fully saturated rings. The lowest BCUT2D eigenvalue weighted by atomic mass is 10.00. The molecule has 2 N–H and O–H groups in total. The van der Waals surface area contributed by atoms with Crippen LogP contribution in [0.1, 0.15) is 24.6 Å². The van der Waals surface area contributed by atoms with Crippen LogP contribution in [0.5, 0.6) is 0 Å². The number of piperidine rings is 1. The first-order chi connectivity index (χ1) is 9.62. The molecule has 0 aliphatic carbocycles. The van der Waals surface area contributed by atoms with Gasteiger partial charge in [0.1, 0.15) is 0 Å². The highest BCUT2D eigenvalue weighted by molar-refractivity contribution is 7.87. The summed E-state index contributed by atoms with van der Waals surface area (Å²) in [5.74, 6) is 0.419. The maximum atomic E-state index is 12.3. The first kappa shape index (κ1) is 15.9. The summed E-state index contributed by atoms with van der Waals surface area (Å²) in [6.07, 6.45) is 2.04. The van der Waals surface area contributed by atoms with Crippen LogP contribution in [0, 0.1) is 5.92 Å². The molecule has 7 heteroatoms. The third-order valence-electron chi connectivity index (χ3n) is 3.51. The number of rotatable bonds is 7. The van der Waals surface area contributed by atoms with Crippen LogP contribution >= 0.6 is 11.3 Å². The normalized spacial score (nSPS) is 21.1. The molecule has 114 valence electrons. The van der Waals surface area contributed by atoms with Gasteiger partial charge in [-0.1, -0.05) is 13.0 Å². The second-order valence-corrected chi connectivity index (χ2v) is 7.87. The summed E-state index contributed by atoms with van der Waals surface area (Å²) < 4.78 is 28.9. The predicted molar refractivity (Wildman–Crippen MR) is 82.9 cm³/mol. The minimum absolute atomic E-state index is 0.383. The van der Waals surface area contributed by atoms with Gasteiger partial charge in [0.05, 0.1) is 0 Å². The van der Waals surface area contributed by atoms with Crippen molar-refractivity contribution in [1.29, 1.82) is 0 Å². The molecule has 0 amide bonds. The van der Waals surface area contributed by atoms with E-state index in [0.29, 0.717) is 25.6 Å². The van der Waals surface area contributed by atoms with Gasteiger partial charge in [-0.3, -0.25) is 0 Å². The van der Waals surface area contributed by atoms with E-state index in [1.807, 2.05) is 17.5 Å². The lowest BCUT2D eigenvalue weighted by molar-refractivity contribution is 0.258. The fourth-order valence-corrected chi connectivity index (χ4v) is 4.46. The Morgan fingerprint density at radius 1 is 1.50 bits per heavy atom. The van der Waals surface area contributed by atoms with E-state index in [2.05, 4.69) is 17.0 Å². The molecule has 1 aliphatic heterocycles. The van der Waals surface area contributed by atoms with Crippen molar-refractivity contribution >= 4 is 21.5 Å². The largest absolute Gasteiger partial charge is 0.317 e. The van der Waals surface area contributed by atoms with Gasteiger partial charge in [-0.25, -0.2) is 0 Å². The molecular weight excluding hydrogens is 294 g/mol. The van der Waals surface area contributed by atoms with E-state index in [1.165, 1.54) is 0 Å². The summed E-state index contributed by atoms with van der Waals surface area (Å²) in [6.45, 7) is 5.52. The van der Waals surface area contributed by atoms with E-state index in [9.17, 15) is 8.42 Å². The molecule has 0 aromatic carbocycles. The lowest BCUT2D eigenvalue weighted by Gasteiger charge is -2.31. The third-order valence-corrected chi connectivity index (χ3v) is 5.91. The van der Waals surface area contributed by atoms with Gasteiger partial charge in [0, 0.05) is 24.5 Å². The van der Waals surface area contributed by atoms with Crippen LogP contribution in [-0.2, 0) is 16.8 Å². The molecule has 0 saturated carbocycles. The standard InChI is InChI=1S/C13H23N3O2S2/c1-2-14-9-12-5-3-7-16(11-12)20(17,18)15-10-13-6-4-8-19-13/h4,6,8,12,14-15H,2-3,5,7,9-11H2,1H3. The van der Waals surface area contributed by atoms with Crippen LogP contribution in [0.25, 0.3) is 0 Å². The quantitative estimate of drug-likeness (QED) is 0.799. The van der Waals surface area contributed by atoms with Crippen LogP contribution in [-0.4, -0.2) is 38.9 Å². The molecule has 1 saturated heterocycles. The van der Waals surface area contributed by atoms with Crippen LogP contribution in [0.2, 0.25) is 0 Å². The third kappa shape index (κ3) is 4.53. The Bertz CT molecular complexity index is 488. The molecule has 1 atom stereocenters. The van der Waals surface area contributed by atoms with Gasteiger partial charge in [-0.05, 0) is 43.3 Å². The number of nitrogens with zero attached hydrogens (tertiary/aromatic N) is 1. The van der Waals surface area contributed by atoms with Crippen molar-refractivity contribution < 1.29 is 8.42 Å². The van der Waals surface area contributed by atoms with Crippen molar-refractivity contribution in [1.82, 2.24) is 14.3 Å². The minimum atomic E-state index is -3.36. The average molecular weight is 317 g/mol. The molecule has 0 bridgehead atoms. The van der Waals surface area contributed by atoms with Gasteiger partial charge < -0.3 is 5.32 Å². The maximum absolute atomic E-state index is 12.3. The molecule has 1 aliphatic rings. The zero-order valence-corrected chi connectivity index (χ0v) is 13.5. The zero-order chi connectivity index (χ0) is 14.4. The molecule has 0 radical (unpaired) electrons. The second-order valence-electron chi connectivity index (χ2n) is 5.08. The van der Waals surface area contributed by atoms with Gasteiger partial charge in [-0.2, -0.15) is 17.4 Å². The van der Waals surface area contributed by atoms with Gasteiger partial charge in [0.25, 0.3) is 10.2 Å². The van der Waals surface area contributed by atoms with Gasteiger partial charge in [-0.15, -0.1) is 11.3 Å².